The lowest BCUT2D eigenvalue weighted by atomic mass is 9.97. The fraction of sp³-hybridized carbons (Fsp3) is 0.500. The molecule has 0 spiro atoms. The van der Waals surface area contributed by atoms with Crippen molar-refractivity contribution in [3.05, 3.63) is 27.6 Å². The van der Waals surface area contributed by atoms with Gasteiger partial charge in [-0.05, 0) is 53.6 Å². The van der Waals surface area contributed by atoms with Crippen molar-refractivity contribution in [3.63, 3.8) is 0 Å². The Kier molecular flexibility index (Phi) is 4.98. The van der Waals surface area contributed by atoms with Crippen LogP contribution in [0.3, 0.4) is 0 Å². The minimum Gasteiger partial charge on any atom is -0.388 e. The topological polar surface area (TPSA) is 32.3 Å². The molecule has 0 aliphatic carbocycles. The first-order valence-corrected chi connectivity index (χ1v) is 6.50. The van der Waals surface area contributed by atoms with E-state index in [-0.39, 0.29) is 5.82 Å². The summed E-state index contributed by atoms with van der Waals surface area (Å²) in [7, 11) is 0. The number of nitrogens with one attached hydrogen (secondary N) is 1. The zero-order valence-corrected chi connectivity index (χ0v) is 11.7. The number of rotatable bonds is 5. The quantitative estimate of drug-likeness (QED) is 0.808. The molecule has 4 heteroatoms. The van der Waals surface area contributed by atoms with Crippen molar-refractivity contribution in [1.82, 2.24) is 0 Å². The maximum absolute atomic E-state index is 12.9. The standard InChI is InChI=1S/C12H17FINO/c1-3-12(16,4-2)8-15-11-6-5-9(13)7-10(11)14/h5-7,15-16H,3-4,8H2,1-2H3. The second-order valence-electron chi connectivity index (χ2n) is 3.91. The van der Waals surface area contributed by atoms with Crippen LogP contribution in [0.4, 0.5) is 10.1 Å². The van der Waals surface area contributed by atoms with E-state index in [2.05, 4.69) is 27.9 Å². The van der Waals surface area contributed by atoms with Crippen LogP contribution in [-0.2, 0) is 0 Å². The van der Waals surface area contributed by atoms with Gasteiger partial charge in [0.2, 0.25) is 0 Å². The molecule has 0 unspecified atom stereocenters. The minimum atomic E-state index is -0.683. The van der Waals surface area contributed by atoms with Gasteiger partial charge in [0.25, 0.3) is 0 Å². The van der Waals surface area contributed by atoms with Crippen molar-refractivity contribution in [1.29, 1.82) is 0 Å². The molecule has 0 amide bonds. The third kappa shape index (κ3) is 3.59. The second-order valence-corrected chi connectivity index (χ2v) is 5.07. The minimum absolute atomic E-state index is 0.240. The number of hydrogen-bond acceptors (Lipinski definition) is 2. The van der Waals surface area contributed by atoms with Gasteiger partial charge in [0.15, 0.2) is 0 Å². The fourth-order valence-corrected chi connectivity index (χ4v) is 2.06. The number of hydrogen-bond donors (Lipinski definition) is 2. The maximum atomic E-state index is 12.9. The molecular formula is C12H17FINO. The zero-order chi connectivity index (χ0) is 12.2. The molecule has 0 saturated heterocycles. The lowest BCUT2D eigenvalue weighted by Crippen LogP contribution is -2.35. The highest BCUT2D eigenvalue weighted by Crippen LogP contribution is 2.21. The fourth-order valence-electron chi connectivity index (χ4n) is 1.39. The van der Waals surface area contributed by atoms with Gasteiger partial charge in [0, 0.05) is 15.8 Å². The van der Waals surface area contributed by atoms with Crippen LogP contribution in [0.25, 0.3) is 0 Å². The van der Waals surface area contributed by atoms with Crippen molar-refractivity contribution in [3.8, 4) is 0 Å². The molecule has 0 aliphatic heterocycles. The Hall–Kier alpha value is -0.360. The van der Waals surface area contributed by atoms with E-state index >= 15 is 0 Å². The van der Waals surface area contributed by atoms with Crippen molar-refractivity contribution < 1.29 is 9.50 Å². The predicted octanol–water partition coefficient (Wildman–Crippen LogP) is 3.39. The van der Waals surface area contributed by atoms with Gasteiger partial charge >= 0.3 is 0 Å². The molecule has 16 heavy (non-hydrogen) atoms. The summed E-state index contributed by atoms with van der Waals surface area (Å²) >= 11 is 2.08. The van der Waals surface area contributed by atoms with Crippen LogP contribution in [-0.4, -0.2) is 17.3 Å². The Labute approximate surface area is 109 Å². The van der Waals surface area contributed by atoms with Crippen LogP contribution in [0.5, 0.6) is 0 Å². The van der Waals surface area contributed by atoms with E-state index in [1.807, 2.05) is 13.8 Å². The van der Waals surface area contributed by atoms with E-state index in [0.29, 0.717) is 19.4 Å². The lowest BCUT2D eigenvalue weighted by molar-refractivity contribution is 0.0457. The first kappa shape index (κ1) is 13.7. The van der Waals surface area contributed by atoms with Crippen LogP contribution >= 0.6 is 22.6 Å². The Balaban J connectivity index is 2.67. The molecule has 90 valence electrons. The number of benzene rings is 1. The molecule has 2 N–H and O–H groups in total. The second kappa shape index (κ2) is 5.82. The van der Waals surface area contributed by atoms with Gasteiger partial charge in [0.05, 0.1) is 5.60 Å². The average Bonchev–Trinajstić information content (AvgIpc) is 2.27. The predicted molar refractivity (Wildman–Crippen MR) is 73.1 cm³/mol. The van der Waals surface area contributed by atoms with Crippen LogP contribution in [0, 0.1) is 9.39 Å². The van der Waals surface area contributed by atoms with E-state index < -0.39 is 5.60 Å². The summed E-state index contributed by atoms with van der Waals surface area (Å²) in [5.74, 6) is -0.240. The molecule has 0 aromatic heterocycles. The van der Waals surface area contributed by atoms with Gasteiger partial charge in [0.1, 0.15) is 5.82 Å². The highest BCUT2D eigenvalue weighted by Gasteiger charge is 2.21. The van der Waals surface area contributed by atoms with Gasteiger partial charge in [-0.2, -0.15) is 0 Å². The average molecular weight is 337 g/mol. The summed E-state index contributed by atoms with van der Waals surface area (Å²) in [4.78, 5) is 0. The monoisotopic (exact) mass is 337 g/mol. The van der Waals surface area contributed by atoms with Gasteiger partial charge in [-0.3, -0.25) is 0 Å². The zero-order valence-electron chi connectivity index (χ0n) is 9.56. The third-order valence-electron chi connectivity index (χ3n) is 2.86. The Morgan fingerprint density at radius 2 is 2.00 bits per heavy atom. The third-order valence-corrected chi connectivity index (χ3v) is 3.75. The highest BCUT2D eigenvalue weighted by molar-refractivity contribution is 14.1. The molecule has 0 atom stereocenters. The number of aliphatic hydroxyl groups is 1. The maximum Gasteiger partial charge on any atom is 0.124 e. The van der Waals surface area contributed by atoms with Crippen molar-refractivity contribution >= 4 is 28.3 Å². The molecule has 0 heterocycles. The Bertz CT molecular complexity index is 353. The van der Waals surface area contributed by atoms with E-state index in [4.69, 9.17) is 0 Å². The van der Waals surface area contributed by atoms with Crippen molar-refractivity contribution in [2.45, 2.75) is 32.3 Å². The summed E-state index contributed by atoms with van der Waals surface area (Å²) in [6.07, 6.45) is 1.41. The number of anilines is 1. The summed E-state index contributed by atoms with van der Waals surface area (Å²) < 4.78 is 13.7. The smallest absolute Gasteiger partial charge is 0.124 e. The molecule has 0 radical (unpaired) electrons. The summed E-state index contributed by atoms with van der Waals surface area (Å²) in [6.45, 7) is 4.41. The first-order chi connectivity index (χ1) is 7.50. The van der Waals surface area contributed by atoms with Gasteiger partial charge in [-0.25, -0.2) is 4.39 Å². The molecule has 2 nitrogen and oxygen atoms in total. The molecule has 1 rings (SSSR count). The largest absolute Gasteiger partial charge is 0.388 e. The molecule has 1 aromatic carbocycles. The molecule has 0 bridgehead atoms. The summed E-state index contributed by atoms with van der Waals surface area (Å²) in [5, 5.41) is 13.3. The van der Waals surface area contributed by atoms with E-state index in [0.717, 1.165) is 9.26 Å². The Morgan fingerprint density at radius 1 is 1.38 bits per heavy atom. The van der Waals surface area contributed by atoms with Gasteiger partial charge < -0.3 is 10.4 Å². The summed E-state index contributed by atoms with van der Waals surface area (Å²) in [6, 6.07) is 4.59. The van der Waals surface area contributed by atoms with Crippen molar-refractivity contribution in [2.75, 3.05) is 11.9 Å². The summed E-state index contributed by atoms with van der Waals surface area (Å²) in [5.41, 5.74) is 0.180. The van der Waals surface area contributed by atoms with E-state index in [1.165, 1.54) is 12.1 Å². The number of halogens is 2. The molecule has 0 aliphatic rings. The van der Waals surface area contributed by atoms with Gasteiger partial charge in [-0.15, -0.1) is 0 Å². The Morgan fingerprint density at radius 3 is 2.50 bits per heavy atom. The van der Waals surface area contributed by atoms with Crippen molar-refractivity contribution in [2.24, 2.45) is 0 Å². The normalized spacial score (nSPS) is 11.6. The van der Waals surface area contributed by atoms with Crippen LogP contribution in [0.15, 0.2) is 18.2 Å². The molecular weight excluding hydrogens is 320 g/mol. The molecule has 0 fully saturated rings. The van der Waals surface area contributed by atoms with Gasteiger partial charge in [-0.1, -0.05) is 13.8 Å². The highest BCUT2D eigenvalue weighted by atomic mass is 127. The van der Waals surface area contributed by atoms with E-state index in [9.17, 15) is 9.50 Å². The molecule has 0 saturated carbocycles. The van der Waals surface area contributed by atoms with Crippen LogP contribution in [0.1, 0.15) is 26.7 Å². The van der Waals surface area contributed by atoms with Crippen LogP contribution < -0.4 is 5.32 Å². The van der Waals surface area contributed by atoms with Crippen LogP contribution in [0.2, 0.25) is 0 Å². The SMILES string of the molecule is CCC(O)(CC)CNc1ccc(F)cc1I. The lowest BCUT2D eigenvalue weighted by Gasteiger charge is -2.26. The molecule has 1 aromatic rings. The first-order valence-electron chi connectivity index (χ1n) is 5.42. The van der Waals surface area contributed by atoms with E-state index in [1.54, 1.807) is 6.07 Å².